The Morgan fingerprint density at radius 1 is 0.541 bits per heavy atom. The topological polar surface area (TPSA) is 99.1 Å². The molecule has 0 rings (SSSR count). The van der Waals surface area contributed by atoms with Gasteiger partial charge in [-0.25, -0.2) is 4.79 Å². The summed E-state index contributed by atoms with van der Waals surface area (Å²) in [6.45, 7) is 19.4. The van der Waals surface area contributed by atoms with Gasteiger partial charge in [-0.2, -0.15) is 0 Å². The van der Waals surface area contributed by atoms with Gasteiger partial charge in [-0.05, 0) is 54.8 Å². The normalized spacial score (nSPS) is 12.8. The lowest BCUT2D eigenvalue weighted by molar-refractivity contribution is -0.178. The van der Waals surface area contributed by atoms with E-state index in [1.54, 1.807) is 0 Å². The Morgan fingerprint density at radius 3 is 1.14 bits per heavy atom. The van der Waals surface area contributed by atoms with E-state index in [1.165, 1.54) is 0 Å². The van der Waals surface area contributed by atoms with Gasteiger partial charge in [-0.3, -0.25) is 9.59 Å². The molecule has 218 valence electrons. The molecule has 0 aromatic heterocycles. The molecule has 0 amide bonds. The predicted molar refractivity (Wildman–Crippen MR) is 147 cm³/mol. The minimum Gasteiger partial charge on any atom is -0.466 e. The molecule has 0 aromatic rings. The zero-order valence-electron chi connectivity index (χ0n) is 25.3. The van der Waals surface area contributed by atoms with Gasteiger partial charge in [0.1, 0.15) is 0 Å². The van der Waals surface area contributed by atoms with Gasteiger partial charge in [0.2, 0.25) is 0 Å². The van der Waals surface area contributed by atoms with Crippen LogP contribution in [0.3, 0.4) is 0 Å². The van der Waals surface area contributed by atoms with E-state index in [2.05, 4.69) is 62.3 Å². The molecular weight excluding hydrogens is 472 g/mol. The van der Waals surface area contributed by atoms with Gasteiger partial charge >= 0.3 is 17.9 Å². The third kappa shape index (κ3) is 16.0. The van der Waals surface area contributed by atoms with Crippen LogP contribution in [0.25, 0.3) is 0 Å². The fourth-order valence-electron chi connectivity index (χ4n) is 4.63. The maximum atomic E-state index is 12.9. The number of hydrogen-bond acceptors (Lipinski definition) is 7. The van der Waals surface area contributed by atoms with E-state index in [1.807, 2.05) is 0 Å². The van der Waals surface area contributed by atoms with Gasteiger partial charge in [0.15, 0.2) is 5.60 Å². The highest BCUT2D eigenvalue weighted by molar-refractivity contribution is 5.90. The second-order valence-electron chi connectivity index (χ2n) is 13.0. The van der Waals surface area contributed by atoms with E-state index in [9.17, 15) is 19.5 Å². The smallest absolute Gasteiger partial charge is 0.339 e. The molecule has 0 fully saturated rings. The monoisotopic (exact) mass is 528 g/mol. The Morgan fingerprint density at radius 2 is 0.838 bits per heavy atom. The van der Waals surface area contributed by atoms with E-state index in [0.29, 0.717) is 19.3 Å². The zero-order valence-corrected chi connectivity index (χ0v) is 25.3. The van der Waals surface area contributed by atoms with Gasteiger partial charge in [0, 0.05) is 0 Å². The van der Waals surface area contributed by atoms with Crippen molar-refractivity contribution in [2.45, 2.75) is 139 Å². The SMILES string of the molecule is CCCC(C)(C)CCOC(=O)CC(O)(CC(=O)OCCC(C)(C)CCC)C(=O)OCCC(C)(C)CCC. The minimum atomic E-state index is -2.33. The van der Waals surface area contributed by atoms with Crippen molar-refractivity contribution in [1.82, 2.24) is 0 Å². The van der Waals surface area contributed by atoms with Crippen LogP contribution in [0.4, 0.5) is 0 Å². The molecule has 0 saturated heterocycles. The highest BCUT2D eigenvalue weighted by Crippen LogP contribution is 2.29. The van der Waals surface area contributed by atoms with Gasteiger partial charge in [-0.15, -0.1) is 0 Å². The van der Waals surface area contributed by atoms with Crippen molar-refractivity contribution in [2.75, 3.05) is 19.8 Å². The average Bonchev–Trinajstić information content (AvgIpc) is 2.72. The van der Waals surface area contributed by atoms with Crippen molar-refractivity contribution < 1.29 is 33.7 Å². The third-order valence-corrected chi connectivity index (χ3v) is 7.13. The average molecular weight is 529 g/mol. The Kier molecular flexibility index (Phi) is 15.6. The number of hydrogen-bond donors (Lipinski definition) is 1. The van der Waals surface area contributed by atoms with Crippen molar-refractivity contribution >= 4 is 17.9 Å². The Balaban J connectivity index is 5.21. The summed E-state index contributed by atoms with van der Waals surface area (Å²) in [4.78, 5) is 38.1. The first-order chi connectivity index (χ1) is 17.0. The maximum absolute atomic E-state index is 12.9. The molecule has 0 aliphatic heterocycles. The lowest BCUT2D eigenvalue weighted by Crippen LogP contribution is -2.45. The van der Waals surface area contributed by atoms with Crippen LogP contribution in [0.2, 0.25) is 0 Å². The van der Waals surface area contributed by atoms with Crippen LogP contribution in [-0.2, 0) is 28.6 Å². The van der Waals surface area contributed by atoms with Crippen molar-refractivity contribution in [2.24, 2.45) is 16.2 Å². The Hall–Kier alpha value is -1.63. The summed E-state index contributed by atoms with van der Waals surface area (Å²) >= 11 is 0. The lowest BCUT2D eigenvalue weighted by Gasteiger charge is -2.28. The molecule has 7 heteroatoms. The van der Waals surface area contributed by atoms with Gasteiger partial charge in [0.25, 0.3) is 0 Å². The fraction of sp³-hybridized carbons (Fsp3) is 0.900. The highest BCUT2D eigenvalue weighted by Gasteiger charge is 2.43. The van der Waals surface area contributed by atoms with Gasteiger partial charge in [0.05, 0.1) is 32.7 Å². The molecule has 0 atom stereocenters. The first-order valence-electron chi connectivity index (χ1n) is 14.2. The first kappa shape index (κ1) is 35.4. The first-order valence-corrected chi connectivity index (χ1v) is 14.2. The number of carbonyl (C=O) groups is 3. The highest BCUT2D eigenvalue weighted by atomic mass is 16.6. The number of rotatable bonds is 20. The van der Waals surface area contributed by atoms with Crippen LogP contribution < -0.4 is 0 Å². The summed E-state index contributed by atoms with van der Waals surface area (Å²) < 4.78 is 16.0. The maximum Gasteiger partial charge on any atom is 0.339 e. The van der Waals surface area contributed by atoms with E-state index in [4.69, 9.17) is 14.2 Å². The van der Waals surface area contributed by atoms with E-state index in [-0.39, 0.29) is 36.1 Å². The van der Waals surface area contributed by atoms with Crippen LogP contribution in [0.5, 0.6) is 0 Å². The molecule has 0 aromatic carbocycles. The van der Waals surface area contributed by atoms with Gasteiger partial charge < -0.3 is 19.3 Å². The van der Waals surface area contributed by atoms with E-state index < -0.39 is 36.4 Å². The summed E-state index contributed by atoms with van der Waals surface area (Å²) in [6.07, 6.45) is 6.64. The molecule has 0 aliphatic carbocycles. The van der Waals surface area contributed by atoms with Crippen LogP contribution in [0, 0.1) is 16.2 Å². The van der Waals surface area contributed by atoms with Crippen molar-refractivity contribution in [3.05, 3.63) is 0 Å². The molecule has 37 heavy (non-hydrogen) atoms. The predicted octanol–water partition coefficient (Wildman–Crippen LogP) is 6.78. The summed E-state index contributed by atoms with van der Waals surface area (Å²) in [7, 11) is 0. The molecule has 0 spiro atoms. The molecule has 0 unspecified atom stereocenters. The van der Waals surface area contributed by atoms with E-state index >= 15 is 0 Å². The van der Waals surface area contributed by atoms with E-state index in [0.717, 1.165) is 38.5 Å². The Bertz CT molecular complexity index is 656. The van der Waals surface area contributed by atoms with Crippen LogP contribution >= 0.6 is 0 Å². The molecule has 0 radical (unpaired) electrons. The summed E-state index contributed by atoms with van der Waals surface area (Å²) in [5, 5.41) is 11.2. The number of esters is 3. The molecular formula is C30H56O7. The molecule has 7 nitrogen and oxygen atoms in total. The van der Waals surface area contributed by atoms with Gasteiger partial charge in [-0.1, -0.05) is 81.6 Å². The van der Waals surface area contributed by atoms with Crippen LogP contribution in [-0.4, -0.2) is 48.4 Å². The lowest BCUT2D eigenvalue weighted by atomic mass is 9.85. The number of aliphatic hydroxyl groups is 1. The standard InChI is InChI=1S/C30H56O7/c1-10-13-27(4,5)16-19-35-24(31)22-30(34,26(33)37-21-18-29(8,9)15-12-3)23-25(32)36-20-17-28(6,7)14-11-2/h34H,10-23H2,1-9H3. The van der Waals surface area contributed by atoms with Crippen molar-refractivity contribution in [1.29, 1.82) is 0 Å². The zero-order chi connectivity index (χ0) is 28.8. The summed E-state index contributed by atoms with van der Waals surface area (Å²) in [6, 6.07) is 0. The second-order valence-corrected chi connectivity index (χ2v) is 13.0. The minimum absolute atomic E-state index is 0.0188. The second kappa shape index (κ2) is 16.4. The Labute approximate surface area is 226 Å². The van der Waals surface area contributed by atoms with Crippen molar-refractivity contribution in [3.63, 3.8) is 0 Å². The van der Waals surface area contributed by atoms with Crippen molar-refractivity contribution in [3.8, 4) is 0 Å². The fourth-order valence-corrected chi connectivity index (χ4v) is 4.63. The molecule has 1 N–H and O–H groups in total. The van der Waals surface area contributed by atoms with Crippen LogP contribution in [0.15, 0.2) is 0 Å². The quantitative estimate of drug-likeness (QED) is 0.137. The number of ether oxygens (including phenoxy) is 3. The molecule has 0 saturated carbocycles. The molecule has 0 heterocycles. The van der Waals surface area contributed by atoms with Crippen LogP contribution in [0.1, 0.15) is 133 Å². The number of carbonyl (C=O) groups excluding carboxylic acids is 3. The third-order valence-electron chi connectivity index (χ3n) is 7.13. The molecule has 0 bridgehead atoms. The molecule has 0 aliphatic rings. The largest absolute Gasteiger partial charge is 0.466 e. The summed E-state index contributed by atoms with van der Waals surface area (Å²) in [5.41, 5.74) is -2.32. The summed E-state index contributed by atoms with van der Waals surface area (Å²) in [5.74, 6) is -2.48.